The number of aryl methyl sites for hydroxylation is 1. The number of hydrogen-bond acceptors (Lipinski definition) is 4. The van der Waals surface area contributed by atoms with Gasteiger partial charge in [-0.3, -0.25) is 11.3 Å². The highest BCUT2D eigenvalue weighted by Gasteiger charge is 2.27. The number of hydrogen-bond donors (Lipinski definition) is 2. The van der Waals surface area contributed by atoms with Gasteiger partial charge in [-0.1, -0.05) is 31.2 Å². The Balaban J connectivity index is 2.11. The molecule has 1 aromatic rings. The van der Waals surface area contributed by atoms with Crippen molar-refractivity contribution in [2.45, 2.75) is 25.5 Å². The van der Waals surface area contributed by atoms with Gasteiger partial charge in [0.15, 0.2) is 0 Å². The van der Waals surface area contributed by atoms with Crippen molar-refractivity contribution in [1.29, 1.82) is 0 Å². The summed E-state index contributed by atoms with van der Waals surface area (Å²) in [6.45, 7) is 4.83. The molecule has 0 radical (unpaired) electrons. The molecule has 0 amide bonds. The third-order valence-electron chi connectivity index (χ3n) is 3.59. The first-order chi connectivity index (χ1) is 8.74. The number of nitrogens with two attached hydrogens (primary N) is 1. The maximum Gasteiger partial charge on any atom is 0.0909 e. The number of benzene rings is 1. The molecule has 0 bridgehead atoms. The Kier molecular flexibility index (Phi) is 4.72. The summed E-state index contributed by atoms with van der Waals surface area (Å²) in [6.07, 6.45) is 1.17. The van der Waals surface area contributed by atoms with E-state index in [9.17, 15) is 0 Å². The molecule has 1 fully saturated rings. The molecule has 2 atom stereocenters. The smallest absolute Gasteiger partial charge is 0.0909 e. The summed E-state index contributed by atoms with van der Waals surface area (Å²) in [4.78, 5) is 2.28. The lowest BCUT2D eigenvalue weighted by molar-refractivity contribution is -0.0393. The number of nitrogens with zero attached hydrogens (tertiary/aromatic N) is 1. The van der Waals surface area contributed by atoms with E-state index < -0.39 is 0 Å². The van der Waals surface area contributed by atoms with Gasteiger partial charge in [-0.2, -0.15) is 0 Å². The number of likely N-dealkylation sites (N-methyl/N-ethyl adjacent to an activating group) is 1. The fourth-order valence-electron chi connectivity index (χ4n) is 2.39. The summed E-state index contributed by atoms with van der Waals surface area (Å²) in [5, 5.41) is 0. The predicted molar refractivity (Wildman–Crippen MR) is 73.1 cm³/mol. The third-order valence-corrected chi connectivity index (χ3v) is 3.59. The van der Waals surface area contributed by atoms with Crippen LogP contribution in [0.2, 0.25) is 0 Å². The van der Waals surface area contributed by atoms with Gasteiger partial charge in [-0.25, -0.2) is 0 Å². The van der Waals surface area contributed by atoms with Crippen LogP contribution in [0.3, 0.4) is 0 Å². The van der Waals surface area contributed by atoms with E-state index in [2.05, 4.69) is 48.6 Å². The van der Waals surface area contributed by atoms with Gasteiger partial charge in [-0.15, -0.1) is 0 Å². The maximum absolute atomic E-state index is 5.83. The van der Waals surface area contributed by atoms with E-state index in [-0.39, 0.29) is 12.1 Å². The van der Waals surface area contributed by atoms with Crippen molar-refractivity contribution in [1.82, 2.24) is 10.3 Å². The first kappa shape index (κ1) is 13.5. The number of nitrogens with one attached hydrogen (secondary N) is 1. The van der Waals surface area contributed by atoms with Gasteiger partial charge in [0.25, 0.3) is 0 Å². The molecule has 3 N–H and O–H groups in total. The van der Waals surface area contributed by atoms with Gasteiger partial charge >= 0.3 is 0 Å². The Morgan fingerprint density at radius 3 is 2.72 bits per heavy atom. The molecule has 100 valence electrons. The monoisotopic (exact) mass is 249 g/mol. The lowest BCUT2D eigenvalue weighted by Crippen LogP contribution is -2.48. The van der Waals surface area contributed by atoms with Crippen LogP contribution in [0.5, 0.6) is 0 Å². The fourth-order valence-corrected chi connectivity index (χ4v) is 2.39. The minimum atomic E-state index is 0.0543. The topological polar surface area (TPSA) is 50.5 Å². The second-order valence-electron chi connectivity index (χ2n) is 4.91. The fraction of sp³-hybridized carbons (Fsp3) is 0.571. The van der Waals surface area contributed by atoms with Crippen LogP contribution in [0.15, 0.2) is 24.3 Å². The second-order valence-corrected chi connectivity index (χ2v) is 4.91. The third kappa shape index (κ3) is 3.09. The van der Waals surface area contributed by atoms with Crippen LogP contribution in [0, 0.1) is 0 Å². The van der Waals surface area contributed by atoms with Gasteiger partial charge in [0.2, 0.25) is 0 Å². The zero-order valence-electron chi connectivity index (χ0n) is 11.2. The molecule has 2 unspecified atom stereocenters. The summed E-state index contributed by atoms with van der Waals surface area (Å²) < 4.78 is 5.83. The molecular weight excluding hydrogens is 226 g/mol. The summed E-state index contributed by atoms with van der Waals surface area (Å²) in [5.74, 6) is 5.70. The largest absolute Gasteiger partial charge is 0.374 e. The molecule has 1 aliphatic rings. The minimum absolute atomic E-state index is 0.0543. The lowest BCUT2D eigenvalue weighted by Gasteiger charge is -2.35. The summed E-state index contributed by atoms with van der Waals surface area (Å²) >= 11 is 0. The zero-order chi connectivity index (χ0) is 13.0. The molecular formula is C14H23N3O. The molecule has 4 heteroatoms. The average Bonchev–Trinajstić information content (AvgIpc) is 2.40. The molecule has 1 aromatic carbocycles. The maximum atomic E-state index is 5.83. The van der Waals surface area contributed by atoms with Gasteiger partial charge < -0.3 is 9.64 Å². The number of morpholine rings is 1. The van der Waals surface area contributed by atoms with Crippen LogP contribution >= 0.6 is 0 Å². The van der Waals surface area contributed by atoms with Crippen molar-refractivity contribution in [3.8, 4) is 0 Å². The van der Waals surface area contributed by atoms with Crippen LogP contribution in [0.4, 0.5) is 0 Å². The highest BCUT2D eigenvalue weighted by Crippen LogP contribution is 2.22. The van der Waals surface area contributed by atoms with Gasteiger partial charge in [0.05, 0.1) is 18.8 Å². The molecule has 4 nitrogen and oxygen atoms in total. The van der Waals surface area contributed by atoms with Crippen LogP contribution in [-0.2, 0) is 11.2 Å². The van der Waals surface area contributed by atoms with E-state index in [0.717, 1.165) is 26.1 Å². The molecule has 1 saturated heterocycles. The van der Waals surface area contributed by atoms with Gasteiger partial charge in [0.1, 0.15) is 0 Å². The normalized spacial score (nSPS) is 22.9. The molecule has 18 heavy (non-hydrogen) atoms. The van der Waals surface area contributed by atoms with Crippen LogP contribution in [0.1, 0.15) is 24.1 Å². The lowest BCUT2D eigenvalue weighted by atomic mass is 9.99. The quantitative estimate of drug-likeness (QED) is 0.619. The van der Waals surface area contributed by atoms with Crippen molar-refractivity contribution in [2.24, 2.45) is 5.84 Å². The zero-order valence-corrected chi connectivity index (χ0v) is 11.2. The summed E-state index contributed by atoms with van der Waals surface area (Å²) in [5.41, 5.74) is 5.43. The molecule has 0 spiro atoms. The van der Waals surface area contributed by atoms with Crippen molar-refractivity contribution >= 4 is 0 Å². The van der Waals surface area contributed by atoms with Crippen molar-refractivity contribution in [3.63, 3.8) is 0 Å². The van der Waals surface area contributed by atoms with E-state index in [1.54, 1.807) is 0 Å². The van der Waals surface area contributed by atoms with E-state index in [4.69, 9.17) is 10.6 Å². The molecule has 1 aliphatic heterocycles. The minimum Gasteiger partial charge on any atom is -0.374 e. The van der Waals surface area contributed by atoms with Crippen LogP contribution in [0.25, 0.3) is 0 Å². The molecule has 0 aromatic heterocycles. The van der Waals surface area contributed by atoms with Crippen molar-refractivity contribution in [3.05, 3.63) is 35.4 Å². The van der Waals surface area contributed by atoms with Gasteiger partial charge in [-0.05, 0) is 24.6 Å². The van der Waals surface area contributed by atoms with E-state index in [1.807, 2.05) is 0 Å². The Hall–Kier alpha value is -0.940. The average molecular weight is 249 g/mol. The first-order valence-electron chi connectivity index (χ1n) is 6.59. The second kappa shape index (κ2) is 6.29. The Morgan fingerprint density at radius 1 is 1.44 bits per heavy atom. The standard InChI is InChI=1S/C14H23N3O/c1-3-11-4-6-12(7-5-11)14(16-15)13-10-17(2)8-9-18-13/h4-7,13-14,16H,3,8-10,15H2,1-2H3. The van der Waals surface area contributed by atoms with Crippen molar-refractivity contribution < 1.29 is 4.74 Å². The van der Waals surface area contributed by atoms with E-state index >= 15 is 0 Å². The van der Waals surface area contributed by atoms with Gasteiger partial charge in [0, 0.05) is 13.1 Å². The molecule has 2 rings (SSSR count). The number of hydrazine groups is 1. The predicted octanol–water partition coefficient (Wildman–Crippen LogP) is 1.08. The highest BCUT2D eigenvalue weighted by atomic mass is 16.5. The summed E-state index contributed by atoms with van der Waals surface area (Å²) in [7, 11) is 2.11. The van der Waals surface area contributed by atoms with Crippen molar-refractivity contribution in [2.75, 3.05) is 26.7 Å². The molecule has 0 saturated carbocycles. The number of rotatable bonds is 4. The highest BCUT2D eigenvalue weighted by molar-refractivity contribution is 5.26. The first-order valence-corrected chi connectivity index (χ1v) is 6.59. The molecule has 0 aliphatic carbocycles. The Morgan fingerprint density at radius 2 is 2.17 bits per heavy atom. The van der Waals surface area contributed by atoms with E-state index in [0.29, 0.717) is 0 Å². The Labute approximate surface area is 109 Å². The Bertz CT molecular complexity index is 366. The van der Waals surface area contributed by atoms with Crippen LogP contribution in [-0.4, -0.2) is 37.7 Å². The van der Waals surface area contributed by atoms with Crippen LogP contribution < -0.4 is 11.3 Å². The van der Waals surface area contributed by atoms with E-state index in [1.165, 1.54) is 11.1 Å². The number of ether oxygens (including phenoxy) is 1. The summed E-state index contributed by atoms with van der Waals surface area (Å²) in [6, 6.07) is 8.65. The molecule has 1 heterocycles. The SMILES string of the molecule is CCc1ccc(C(NN)C2CN(C)CCO2)cc1.